The molecule has 1 spiro atoms. The van der Waals surface area contributed by atoms with Gasteiger partial charge in [0.15, 0.2) is 23.7 Å². The highest BCUT2D eigenvalue weighted by Crippen LogP contribution is 2.65. The van der Waals surface area contributed by atoms with Crippen molar-refractivity contribution in [2.45, 2.75) is 81.3 Å². The van der Waals surface area contributed by atoms with Crippen LogP contribution in [0.1, 0.15) is 50.7 Å². The van der Waals surface area contributed by atoms with E-state index in [0.29, 0.717) is 25.1 Å². The van der Waals surface area contributed by atoms with Gasteiger partial charge in [-0.25, -0.2) is 0 Å². The van der Waals surface area contributed by atoms with Crippen molar-refractivity contribution >= 4 is 23.8 Å². The zero-order valence-electron chi connectivity index (χ0n) is 21.9. The Bertz CT molecular complexity index is 1280. The number of rotatable bonds is 8. The number of carbonyl (C=O) groups is 4. The molecule has 2 aliphatic carbocycles. The molecule has 2 heterocycles. The minimum Gasteiger partial charge on any atom is -0.504 e. The van der Waals surface area contributed by atoms with E-state index in [1.807, 2.05) is 13.1 Å². The summed E-state index contributed by atoms with van der Waals surface area (Å²) >= 11 is 0. The van der Waals surface area contributed by atoms with Gasteiger partial charge < -0.3 is 39.7 Å². The third kappa shape index (κ3) is 4.13. The SMILES string of the molecule is C[C@H](NC(=O)[C@H](C)OC(=O)CCC(=O)OC1=CC[C@@]2(O)[C@H]3Cc4ccc(O)c5c4[C@@]2(CCN3C)[C@H]1O5)C(=O)O. The number of likely N-dealkylation sites (tertiary alicyclic amines) is 1. The average Bonchev–Trinajstić information content (AvgIpc) is 3.24. The molecule has 1 amide bonds. The number of benzene rings is 1. The second-order valence-electron chi connectivity index (χ2n) is 10.8. The number of nitrogens with zero attached hydrogens (tertiary/aromatic N) is 1. The van der Waals surface area contributed by atoms with Gasteiger partial charge in [-0.15, -0.1) is 0 Å². The number of phenolic OH excluding ortho intramolecular Hbond substituents is 1. The number of carboxylic acids is 1. The summed E-state index contributed by atoms with van der Waals surface area (Å²) in [7, 11) is 1.97. The van der Waals surface area contributed by atoms with Crippen LogP contribution in [0.4, 0.5) is 0 Å². The van der Waals surface area contributed by atoms with Crippen LogP contribution < -0.4 is 10.1 Å². The van der Waals surface area contributed by atoms with Crippen molar-refractivity contribution < 1.29 is 48.7 Å². The molecular formula is C27H32N2O10. The van der Waals surface area contributed by atoms with Crippen LogP contribution in [0.5, 0.6) is 11.5 Å². The number of carboxylic acid groups (broad SMARTS) is 1. The van der Waals surface area contributed by atoms with Crippen molar-refractivity contribution in [1.82, 2.24) is 10.2 Å². The van der Waals surface area contributed by atoms with Gasteiger partial charge >= 0.3 is 17.9 Å². The molecule has 0 unspecified atom stereocenters. The number of ether oxygens (including phenoxy) is 3. The van der Waals surface area contributed by atoms with Gasteiger partial charge in [-0.3, -0.25) is 19.2 Å². The zero-order valence-corrected chi connectivity index (χ0v) is 21.9. The Kier molecular flexibility index (Phi) is 6.58. The fraction of sp³-hybridized carbons (Fsp3) is 0.556. The van der Waals surface area contributed by atoms with Crippen molar-refractivity contribution in [3.63, 3.8) is 0 Å². The van der Waals surface area contributed by atoms with E-state index in [2.05, 4.69) is 10.2 Å². The van der Waals surface area contributed by atoms with Gasteiger partial charge in [0, 0.05) is 18.0 Å². The van der Waals surface area contributed by atoms with Crippen LogP contribution >= 0.6 is 0 Å². The number of carbonyl (C=O) groups excluding carboxylic acids is 3. The maximum absolute atomic E-state index is 12.8. The molecule has 5 rings (SSSR count). The Morgan fingerprint density at radius 1 is 1.21 bits per heavy atom. The molecule has 210 valence electrons. The molecular weight excluding hydrogens is 512 g/mol. The smallest absolute Gasteiger partial charge is 0.325 e. The Balaban J connectivity index is 1.27. The Morgan fingerprint density at radius 3 is 2.64 bits per heavy atom. The predicted octanol–water partition coefficient (Wildman–Crippen LogP) is 0.514. The van der Waals surface area contributed by atoms with E-state index in [1.165, 1.54) is 13.8 Å². The highest BCUT2D eigenvalue weighted by atomic mass is 16.6. The summed E-state index contributed by atoms with van der Waals surface area (Å²) in [5, 5.41) is 33.8. The number of amides is 1. The second-order valence-corrected chi connectivity index (χ2v) is 10.8. The molecule has 0 radical (unpaired) electrons. The molecule has 6 atom stereocenters. The molecule has 12 heteroatoms. The number of aromatic hydroxyl groups is 1. The summed E-state index contributed by atoms with van der Waals surface area (Å²) in [5.41, 5.74) is -0.331. The number of aliphatic carboxylic acids is 1. The minimum atomic E-state index is -1.25. The summed E-state index contributed by atoms with van der Waals surface area (Å²) in [5.74, 6) is -3.07. The maximum atomic E-state index is 12.8. The Labute approximate surface area is 224 Å². The minimum absolute atomic E-state index is 0.0402. The molecule has 1 aromatic carbocycles. The fourth-order valence-corrected chi connectivity index (χ4v) is 6.53. The molecule has 2 aliphatic heterocycles. The number of hydrogen-bond acceptors (Lipinski definition) is 10. The van der Waals surface area contributed by atoms with Crippen molar-refractivity contribution in [2.24, 2.45) is 0 Å². The molecule has 39 heavy (non-hydrogen) atoms. The van der Waals surface area contributed by atoms with Crippen LogP contribution in [0.15, 0.2) is 24.0 Å². The van der Waals surface area contributed by atoms with E-state index in [1.54, 1.807) is 12.1 Å². The number of phenols is 1. The monoisotopic (exact) mass is 544 g/mol. The van der Waals surface area contributed by atoms with E-state index in [0.717, 1.165) is 11.1 Å². The number of aliphatic hydroxyl groups is 1. The number of nitrogens with one attached hydrogen (secondary N) is 1. The first-order valence-electron chi connectivity index (χ1n) is 13.0. The molecule has 4 N–H and O–H groups in total. The van der Waals surface area contributed by atoms with Crippen molar-refractivity contribution in [2.75, 3.05) is 13.6 Å². The van der Waals surface area contributed by atoms with Gasteiger partial charge in [0.2, 0.25) is 0 Å². The molecule has 12 nitrogen and oxygen atoms in total. The Hall–Kier alpha value is -3.64. The van der Waals surface area contributed by atoms with Gasteiger partial charge in [0.1, 0.15) is 11.8 Å². The first-order chi connectivity index (χ1) is 18.4. The topological polar surface area (TPSA) is 172 Å². The van der Waals surface area contributed by atoms with Crippen molar-refractivity contribution in [3.8, 4) is 11.5 Å². The molecule has 0 aromatic heterocycles. The van der Waals surface area contributed by atoms with Gasteiger partial charge in [-0.1, -0.05) is 6.07 Å². The first kappa shape index (κ1) is 26.9. The van der Waals surface area contributed by atoms with Crippen LogP contribution in [0.25, 0.3) is 0 Å². The number of hydrogen-bond donors (Lipinski definition) is 4. The lowest BCUT2D eigenvalue weighted by atomic mass is 9.50. The summed E-state index contributed by atoms with van der Waals surface area (Å²) in [6.07, 6.45) is 0.231. The number of esters is 2. The Morgan fingerprint density at radius 2 is 1.92 bits per heavy atom. The van der Waals surface area contributed by atoms with Crippen LogP contribution in [0.3, 0.4) is 0 Å². The van der Waals surface area contributed by atoms with Crippen molar-refractivity contribution in [1.29, 1.82) is 0 Å². The predicted molar refractivity (Wildman–Crippen MR) is 133 cm³/mol. The van der Waals surface area contributed by atoms with E-state index < -0.39 is 53.1 Å². The van der Waals surface area contributed by atoms with Gasteiger partial charge in [-0.05, 0) is 58.0 Å². The molecule has 1 fully saturated rings. The van der Waals surface area contributed by atoms with Gasteiger partial charge in [0.25, 0.3) is 5.91 Å². The average molecular weight is 545 g/mol. The fourth-order valence-electron chi connectivity index (χ4n) is 6.53. The quantitative estimate of drug-likeness (QED) is 0.336. The number of piperidine rings is 1. The molecule has 1 saturated heterocycles. The van der Waals surface area contributed by atoms with Crippen LogP contribution in [-0.4, -0.2) is 87.5 Å². The standard InChI is InChI=1S/C27H32N2O10/c1-13(25(34)35)28-24(33)14(2)37-19(31)6-7-20(32)38-17-8-9-27(36)18-12-15-4-5-16(30)22-21(15)26(27,23(17)39-22)10-11-29(18)3/h4-5,8,13-14,18,23,30,36H,6-7,9-12H2,1-3H3,(H,28,33)(H,34,35)/t13-,14-,18+,23-,26-,27+/m0/s1. The lowest BCUT2D eigenvalue weighted by Crippen LogP contribution is -2.74. The first-order valence-corrected chi connectivity index (χ1v) is 13.0. The summed E-state index contributed by atoms with van der Waals surface area (Å²) in [4.78, 5) is 50.0. The molecule has 0 saturated carbocycles. The second kappa shape index (κ2) is 9.53. The number of likely N-dealkylation sites (N-methyl/N-ethyl adjacent to an activating group) is 1. The lowest BCUT2D eigenvalue weighted by molar-refractivity contribution is -0.169. The molecule has 2 bridgehead atoms. The largest absolute Gasteiger partial charge is 0.504 e. The van der Waals surface area contributed by atoms with E-state index in [9.17, 15) is 29.4 Å². The maximum Gasteiger partial charge on any atom is 0.325 e. The van der Waals surface area contributed by atoms with Crippen LogP contribution in [0.2, 0.25) is 0 Å². The summed E-state index contributed by atoms with van der Waals surface area (Å²) in [6, 6.07) is 2.10. The van der Waals surface area contributed by atoms with E-state index >= 15 is 0 Å². The highest BCUT2D eigenvalue weighted by molar-refractivity contribution is 5.88. The van der Waals surface area contributed by atoms with Crippen LogP contribution in [-0.2, 0) is 40.5 Å². The van der Waals surface area contributed by atoms with Gasteiger partial charge in [0.05, 0.1) is 23.9 Å². The normalized spacial score (nSPS) is 29.7. The van der Waals surface area contributed by atoms with Crippen molar-refractivity contribution in [3.05, 3.63) is 35.1 Å². The zero-order chi connectivity index (χ0) is 28.3. The third-order valence-corrected chi connectivity index (χ3v) is 8.52. The lowest BCUT2D eigenvalue weighted by Gasteiger charge is -2.61. The summed E-state index contributed by atoms with van der Waals surface area (Å²) in [6.45, 7) is 3.26. The molecule has 4 aliphatic rings. The van der Waals surface area contributed by atoms with E-state index in [-0.39, 0.29) is 36.8 Å². The third-order valence-electron chi connectivity index (χ3n) is 8.52. The highest BCUT2D eigenvalue weighted by Gasteiger charge is 2.72. The van der Waals surface area contributed by atoms with Crippen LogP contribution in [0, 0.1) is 0 Å². The molecule has 1 aromatic rings. The van der Waals surface area contributed by atoms with Gasteiger partial charge in [-0.2, -0.15) is 0 Å². The van der Waals surface area contributed by atoms with E-state index in [4.69, 9.17) is 19.3 Å². The summed E-state index contributed by atoms with van der Waals surface area (Å²) < 4.78 is 16.9.